The van der Waals surface area contributed by atoms with Crippen molar-refractivity contribution in [3.8, 4) is 0 Å². The van der Waals surface area contributed by atoms with Gasteiger partial charge in [-0.05, 0) is 24.6 Å². The molecule has 0 radical (unpaired) electrons. The first-order chi connectivity index (χ1) is 8.81. The van der Waals surface area contributed by atoms with E-state index in [4.69, 9.17) is 5.11 Å². The third-order valence-electron chi connectivity index (χ3n) is 2.86. The molecule has 1 aromatic rings. The maximum absolute atomic E-state index is 9.09. The largest absolute Gasteiger partial charge is 0.395 e. The average molecular weight is 251 g/mol. The number of aliphatic hydroxyl groups excluding tert-OH is 1. The van der Waals surface area contributed by atoms with Gasteiger partial charge in [-0.1, -0.05) is 26.3 Å². The monoisotopic (exact) mass is 251 g/mol. The first-order valence-electron chi connectivity index (χ1n) is 6.83. The molecule has 1 heterocycles. The zero-order valence-electron chi connectivity index (χ0n) is 11.5. The maximum atomic E-state index is 9.09. The molecule has 0 saturated carbocycles. The standard InChI is InChI=1S/C14H25N3O/c1-3-5-8-17(9-10-18)14-7-6-13(12-16-14)11-15-4-2/h6-7,12,15,18H,3-5,8-11H2,1-2H3. The molecule has 0 amide bonds. The summed E-state index contributed by atoms with van der Waals surface area (Å²) in [5.41, 5.74) is 1.19. The highest BCUT2D eigenvalue weighted by atomic mass is 16.3. The van der Waals surface area contributed by atoms with Gasteiger partial charge in [0.2, 0.25) is 0 Å². The SMILES string of the molecule is CCCCN(CCO)c1ccc(CNCC)cn1. The van der Waals surface area contributed by atoms with E-state index in [0.29, 0.717) is 6.54 Å². The third-order valence-corrected chi connectivity index (χ3v) is 2.86. The lowest BCUT2D eigenvalue weighted by Crippen LogP contribution is -2.28. The van der Waals surface area contributed by atoms with Crippen molar-refractivity contribution < 1.29 is 5.11 Å². The van der Waals surface area contributed by atoms with E-state index < -0.39 is 0 Å². The molecule has 18 heavy (non-hydrogen) atoms. The predicted octanol–water partition coefficient (Wildman–Crippen LogP) is 1.79. The molecule has 0 aliphatic heterocycles. The lowest BCUT2D eigenvalue weighted by molar-refractivity contribution is 0.301. The van der Waals surface area contributed by atoms with Gasteiger partial charge in [-0.15, -0.1) is 0 Å². The quantitative estimate of drug-likeness (QED) is 0.702. The van der Waals surface area contributed by atoms with Crippen molar-refractivity contribution in [3.63, 3.8) is 0 Å². The van der Waals surface area contributed by atoms with Crippen LogP contribution < -0.4 is 10.2 Å². The van der Waals surface area contributed by atoms with Crippen molar-refractivity contribution in [1.29, 1.82) is 0 Å². The fourth-order valence-corrected chi connectivity index (χ4v) is 1.79. The van der Waals surface area contributed by atoms with Gasteiger partial charge in [-0.3, -0.25) is 0 Å². The molecule has 0 saturated heterocycles. The highest BCUT2D eigenvalue weighted by Gasteiger charge is 2.06. The van der Waals surface area contributed by atoms with Crippen LogP contribution in [0.5, 0.6) is 0 Å². The summed E-state index contributed by atoms with van der Waals surface area (Å²) in [6.45, 7) is 7.87. The fourth-order valence-electron chi connectivity index (χ4n) is 1.79. The lowest BCUT2D eigenvalue weighted by Gasteiger charge is -2.22. The van der Waals surface area contributed by atoms with Gasteiger partial charge in [0.25, 0.3) is 0 Å². The Labute approximate surface area is 110 Å². The van der Waals surface area contributed by atoms with Crippen molar-refractivity contribution in [3.05, 3.63) is 23.9 Å². The van der Waals surface area contributed by atoms with E-state index in [-0.39, 0.29) is 6.61 Å². The summed E-state index contributed by atoms with van der Waals surface area (Å²) in [5.74, 6) is 0.956. The minimum atomic E-state index is 0.171. The van der Waals surface area contributed by atoms with E-state index in [1.165, 1.54) is 5.56 Å². The van der Waals surface area contributed by atoms with Crippen LogP contribution in [0.1, 0.15) is 32.3 Å². The van der Waals surface area contributed by atoms with Crippen LogP contribution in [0.25, 0.3) is 0 Å². The minimum Gasteiger partial charge on any atom is -0.395 e. The Bertz CT molecular complexity index is 313. The number of anilines is 1. The van der Waals surface area contributed by atoms with Gasteiger partial charge in [0.1, 0.15) is 5.82 Å². The van der Waals surface area contributed by atoms with Gasteiger partial charge in [0.05, 0.1) is 6.61 Å². The molecule has 0 fully saturated rings. The van der Waals surface area contributed by atoms with Gasteiger partial charge in [-0.25, -0.2) is 4.98 Å². The van der Waals surface area contributed by atoms with Crippen molar-refractivity contribution in [2.45, 2.75) is 33.2 Å². The van der Waals surface area contributed by atoms with Crippen molar-refractivity contribution in [1.82, 2.24) is 10.3 Å². The summed E-state index contributed by atoms with van der Waals surface area (Å²) in [4.78, 5) is 6.62. The molecule has 4 heteroatoms. The topological polar surface area (TPSA) is 48.4 Å². The molecule has 4 nitrogen and oxygen atoms in total. The molecule has 1 aromatic heterocycles. The van der Waals surface area contributed by atoms with Gasteiger partial charge < -0.3 is 15.3 Å². The summed E-state index contributed by atoms with van der Waals surface area (Å²) in [6, 6.07) is 4.14. The van der Waals surface area contributed by atoms with E-state index in [1.807, 2.05) is 12.3 Å². The predicted molar refractivity (Wildman–Crippen MR) is 75.8 cm³/mol. The Morgan fingerprint density at radius 1 is 1.28 bits per heavy atom. The molecule has 0 aliphatic rings. The van der Waals surface area contributed by atoms with E-state index >= 15 is 0 Å². The number of rotatable bonds is 9. The third kappa shape index (κ3) is 5.02. The summed E-state index contributed by atoms with van der Waals surface area (Å²) in [7, 11) is 0. The van der Waals surface area contributed by atoms with Crippen molar-refractivity contribution in [2.24, 2.45) is 0 Å². The zero-order chi connectivity index (χ0) is 13.2. The van der Waals surface area contributed by atoms with Gasteiger partial charge in [0, 0.05) is 25.8 Å². The van der Waals surface area contributed by atoms with E-state index in [2.05, 4.69) is 35.1 Å². The number of aliphatic hydroxyl groups is 1. The van der Waals surface area contributed by atoms with Crippen LogP contribution in [0.15, 0.2) is 18.3 Å². The average Bonchev–Trinajstić information content (AvgIpc) is 2.42. The number of pyridine rings is 1. The highest BCUT2D eigenvalue weighted by Crippen LogP contribution is 2.12. The normalized spacial score (nSPS) is 10.6. The second-order valence-corrected chi connectivity index (χ2v) is 4.37. The second-order valence-electron chi connectivity index (χ2n) is 4.37. The van der Waals surface area contributed by atoms with Crippen LogP contribution in [0, 0.1) is 0 Å². The van der Waals surface area contributed by atoms with E-state index in [0.717, 1.165) is 38.3 Å². The summed E-state index contributed by atoms with van der Waals surface area (Å²) >= 11 is 0. The minimum absolute atomic E-state index is 0.171. The lowest BCUT2D eigenvalue weighted by atomic mass is 10.2. The van der Waals surface area contributed by atoms with Crippen molar-refractivity contribution >= 4 is 5.82 Å². The molecule has 0 bridgehead atoms. The number of nitrogens with zero attached hydrogens (tertiary/aromatic N) is 2. The van der Waals surface area contributed by atoms with Crippen LogP contribution >= 0.6 is 0 Å². The number of aromatic nitrogens is 1. The van der Waals surface area contributed by atoms with E-state index in [9.17, 15) is 0 Å². The molecule has 0 aromatic carbocycles. The van der Waals surface area contributed by atoms with Gasteiger partial charge >= 0.3 is 0 Å². The van der Waals surface area contributed by atoms with Crippen LogP contribution in [-0.4, -0.2) is 36.3 Å². The van der Waals surface area contributed by atoms with Crippen LogP contribution in [0.4, 0.5) is 5.82 Å². The van der Waals surface area contributed by atoms with Crippen LogP contribution in [-0.2, 0) is 6.54 Å². The molecular formula is C14H25N3O. The summed E-state index contributed by atoms with van der Waals surface area (Å²) in [5, 5.41) is 12.4. The molecule has 2 N–H and O–H groups in total. The number of nitrogens with one attached hydrogen (secondary N) is 1. The van der Waals surface area contributed by atoms with Crippen LogP contribution in [0.3, 0.4) is 0 Å². The second kappa shape index (κ2) is 8.89. The number of unbranched alkanes of at least 4 members (excludes halogenated alkanes) is 1. The fraction of sp³-hybridized carbons (Fsp3) is 0.643. The van der Waals surface area contributed by atoms with Gasteiger partial charge in [-0.2, -0.15) is 0 Å². The molecule has 102 valence electrons. The smallest absolute Gasteiger partial charge is 0.128 e. The molecule has 1 rings (SSSR count). The molecule has 0 spiro atoms. The Kier molecular flexibility index (Phi) is 7.37. The maximum Gasteiger partial charge on any atom is 0.128 e. The molecular weight excluding hydrogens is 226 g/mol. The summed E-state index contributed by atoms with van der Waals surface area (Å²) in [6.07, 6.45) is 4.19. The van der Waals surface area contributed by atoms with Crippen LogP contribution in [0.2, 0.25) is 0 Å². The molecule has 0 unspecified atom stereocenters. The Morgan fingerprint density at radius 2 is 2.11 bits per heavy atom. The molecule has 0 atom stereocenters. The first kappa shape index (κ1) is 14.9. The van der Waals surface area contributed by atoms with Crippen molar-refractivity contribution in [2.75, 3.05) is 31.1 Å². The first-order valence-corrected chi connectivity index (χ1v) is 6.83. The van der Waals surface area contributed by atoms with Gasteiger partial charge in [0.15, 0.2) is 0 Å². The highest BCUT2D eigenvalue weighted by molar-refractivity contribution is 5.39. The summed E-state index contributed by atoms with van der Waals surface area (Å²) < 4.78 is 0. The Morgan fingerprint density at radius 3 is 2.67 bits per heavy atom. The van der Waals surface area contributed by atoms with E-state index in [1.54, 1.807) is 0 Å². The Hall–Kier alpha value is -1.13. The zero-order valence-corrected chi connectivity index (χ0v) is 11.5. The number of hydrogen-bond donors (Lipinski definition) is 2. The molecule has 0 aliphatic carbocycles. The number of hydrogen-bond acceptors (Lipinski definition) is 4. The Balaban J connectivity index is 2.61.